The van der Waals surface area contributed by atoms with Crippen LogP contribution in [0.2, 0.25) is 0 Å². The van der Waals surface area contributed by atoms with Gasteiger partial charge < -0.3 is 0 Å². The molecule has 1 unspecified atom stereocenters. The second-order valence-electron chi connectivity index (χ2n) is 3.56. The van der Waals surface area contributed by atoms with Crippen molar-refractivity contribution in [2.75, 3.05) is 0 Å². The molecule has 5 heteroatoms. The van der Waals surface area contributed by atoms with Gasteiger partial charge in [-0.1, -0.05) is 33.6 Å². The molecule has 88 valence electrons. The topological polar surface area (TPSA) is 17.1 Å². The quantitative estimate of drug-likeness (QED) is 0.753. The highest BCUT2D eigenvalue weighted by Gasteiger charge is 2.35. The smallest absolute Gasteiger partial charge is 0.298 e. The van der Waals surface area contributed by atoms with Gasteiger partial charge in [-0.2, -0.15) is 13.2 Å². The van der Waals surface area contributed by atoms with Crippen molar-refractivity contribution in [3.63, 3.8) is 0 Å². The fourth-order valence-corrected chi connectivity index (χ4v) is 1.75. The van der Waals surface area contributed by atoms with Crippen LogP contribution in [0, 0.1) is 6.92 Å². The SMILES string of the molecule is CC(=O)C(Br)c1cc(C)ccc1C(F)(F)F. The van der Waals surface area contributed by atoms with Crippen LogP contribution in [-0.2, 0) is 11.0 Å². The largest absolute Gasteiger partial charge is 0.416 e. The number of Topliss-reactive ketones (excluding diaryl/α,β-unsaturated/α-hetero) is 1. The summed E-state index contributed by atoms with van der Waals surface area (Å²) in [5.41, 5.74) is -0.108. The summed E-state index contributed by atoms with van der Waals surface area (Å²) in [5, 5.41) is 0. The van der Waals surface area contributed by atoms with Crippen LogP contribution in [0.25, 0.3) is 0 Å². The molecule has 1 aromatic carbocycles. The second kappa shape index (κ2) is 4.57. The molecule has 0 heterocycles. The first-order valence-corrected chi connectivity index (χ1v) is 5.47. The Balaban J connectivity index is 3.35. The van der Waals surface area contributed by atoms with Crippen LogP contribution in [0.15, 0.2) is 18.2 Å². The van der Waals surface area contributed by atoms with E-state index < -0.39 is 16.6 Å². The summed E-state index contributed by atoms with van der Waals surface area (Å²) in [5.74, 6) is -0.351. The summed E-state index contributed by atoms with van der Waals surface area (Å²) < 4.78 is 38.0. The minimum absolute atomic E-state index is 0.0278. The lowest BCUT2D eigenvalue weighted by atomic mass is 10.00. The summed E-state index contributed by atoms with van der Waals surface area (Å²) in [7, 11) is 0. The molecule has 0 N–H and O–H groups in total. The maximum absolute atomic E-state index is 12.7. The Morgan fingerprint density at radius 2 is 1.94 bits per heavy atom. The zero-order valence-electron chi connectivity index (χ0n) is 8.73. The molecular weight excluding hydrogens is 285 g/mol. The highest BCUT2D eigenvalue weighted by atomic mass is 79.9. The van der Waals surface area contributed by atoms with E-state index in [0.29, 0.717) is 5.56 Å². The van der Waals surface area contributed by atoms with Gasteiger partial charge in [0.25, 0.3) is 0 Å². The van der Waals surface area contributed by atoms with Gasteiger partial charge in [-0.3, -0.25) is 4.79 Å². The van der Waals surface area contributed by atoms with Gasteiger partial charge in [0.1, 0.15) is 5.78 Å². The minimum Gasteiger partial charge on any atom is -0.298 e. The first kappa shape index (κ1) is 13.2. The van der Waals surface area contributed by atoms with Gasteiger partial charge in [-0.05, 0) is 25.5 Å². The van der Waals surface area contributed by atoms with E-state index in [0.717, 1.165) is 6.07 Å². The maximum atomic E-state index is 12.7. The molecule has 1 atom stereocenters. The molecule has 0 saturated heterocycles. The van der Waals surface area contributed by atoms with Gasteiger partial charge in [0.2, 0.25) is 0 Å². The fourth-order valence-electron chi connectivity index (χ4n) is 1.37. The van der Waals surface area contributed by atoms with Crippen LogP contribution in [0.4, 0.5) is 13.2 Å². The molecule has 0 aliphatic rings. The van der Waals surface area contributed by atoms with Crippen LogP contribution in [0.5, 0.6) is 0 Å². The molecule has 0 aliphatic heterocycles. The predicted molar refractivity (Wildman–Crippen MR) is 58.5 cm³/mol. The molecule has 0 radical (unpaired) electrons. The van der Waals surface area contributed by atoms with Crippen molar-refractivity contribution in [2.45, 2.75) is 24.9 Å². The molecule has 0 aromatic heterocycles. The third-order valence-corrected chi connectivity index (χ3v) is 3.28. The third kappa shape index (κ3) is 2.84. The molecule has 0 spiro atoms. The maximum Gasteiger partial charge on any atom is 0.416 e. The molecule has 1 aromatic rings. The van der Waals surface area contributed by atoms with Crippen LogP contribution in [-0.4, -0.2) is 5.78 Å². The van der Waals surface area contributed by atoms with E-state index >= 15 is 0 Å². The number of hydrogen-bond donors (Lipinski definition) is 0. The molecule has 1 nitrogen and oxygen atoms in total. The highest BCUT2D eigenvalue weighted by Crippen LogP contribution is 2.38. The monoisotopic (exact) mass is 294 g/mol. The van der Waals surface area contributed by atoms with Gasteiger partial charge in [0.05, 0.1) is 10.4 Å². The average molecular weight is 295 g/mol. The Morgan fingerprint density at radius 3 is 2.38 bits per heavy atom. The first-order valence-electron chi connectivity index (χ1n) is 4.55. The molecular formula is C11H10BrF3O. The summed E-state index contributed by atoms with van der Waals surface area (Å²) in [6.07, 6.45) is -4.44. The van der Waals surface area contributed by atoms with Gasteiger partial charge in [0, 0.05) is 0 Å². The second-order valence-corrected chi connectivity index (χ2v) is 4.48. The number of benzene rings is 1. The van der Waals surface area contributed by atoms with Crippen LogP contribution >= 0.6 is 15.9 Å². The lowest BCUT2D eigenvalue weighted by molar-refractivity contribution is -0.138. The van der Waals surface area contributed by atoms with Gasteiger partial charge in [-0.15, -0.1) is 0 Å². The molecule has 0 bridgehead atoms. The Labute approximate surface area is 99.8 Å². The van der Waals surface area contributed by atoms with E-state index in [-0.39, 0.29) is 11.3 Å². The van der Waals surface area contributed by atoms with E-state index in [1.165, 1.54) is 19.1 Å². The van der Waals surface area contributed by atoms with Gasteiger partial charge >= 0.3 is 6.18 Å². The molecule has 0 fully saturated rings. The van der Waals surface area contributed by atoms with Crippen molar-refractivity contribution in [3.05, 3.63) is 34.9 Å². The molecule has 16 heavy (non-hydrogen) atoms. The Bertz CT molecular complexity index is 412. The lowest BCUT2D eigenvalue weighted by Gasteiger charge is -2.16. The Hall–Kier alpha value is -0.840. The normalized spacial score (nSPS) is 13.6. The predicted octanol–water partition coefficient (Wildman–Crippen LogP) is 4.04. The van der Waals surface area contributed by atoms with E-state index in [2.05, 4.69) is 15.9 Å². The number of hydrogen-bond acceptors (Lipinski definition) is 1. The number of halogens is 4. The summed E-state index contributed by atoms with van der Waals surface area (Å²) in [4.78, 5) is 10.2. The first-order chi connectivity index (χ1) is 7.23. The van der Waals surface area contributed by atoms with E-state index in [1.807, 2.05) is 0 Å². The number of ketones is 1. The van der Waals surface area contributed by atoms with Gasteiger partial charge in [0.15, 0.2) is 0 Å². The zero-order chi connectivity index (χ0) is 12.5. The van der Waals surface area contributed by atoms with Crippen molar-refractivity contribution < 1.29 is 18.0 Å². The minimum atomic E-state index is -4.44. The number of rotatable bonds is 2. The standard InChI is InChI=1S/C11H10BrF3O/c1-6-3-4-9(11(13,14)15)8(5-6)10(12)7(2)16/h3-5,10H,1-2H3. The van der Waals surface area contributed by atoms with E-state index in [4.69, 9.17) is 0 Å². The Kier molecular flexibility index (Phi) is 3.78. The molecule has 0 aliphatic carbocycles. The van der Waals surface area contributed by atoms with Crippen molar-refractivity contribution in [1.82, 2.24) is 0 Å². The van der Waals surface area contributed by atoms with Crippen molar-refractivity contribution in [1.29, 1.82) is 0 Å². The third-order valence-electron chi connectivity index (χ3n) is 2.14. The zero-order valence-corrected chi connectivity index (χ0v) is 10.3. The number of alkyl halides is 4. The van der Waals surface area contributed by atoms with Gasteiger partial charge in [-0.25, -0.2) is 0 Å². The number of carbonyl (C=O) groups excluding carboxylic acids is 1. The van der Waals surface area contributed by atoms with Crippen LogP contribution < -0.4 is 0 Å². The molecule has 1 rings (SSSR count). The average Bonchev–Trinajstić information content (AvgIpc) is 2.14. The summed E-state index contributed by atoms with van der Waals surface area (Å²) in [6, 6.07) is 3.76. The summed E-state index contributed by atoms with van der Waals surface area (Å²) in [6.45, 7) is 2.94. The fraction of sp³-hybridized carbons (Fsp3) is 0.364. The molecule has 0 amide bonds. The van der Waals surface area contributed by atoms with Crippen molar-refractivity contribution in [2.24, 2.45) is 0 Å². The van der Waals surface area contributed by atoms with Crippen LogP contribution in [0.1, 0.15) is 28.4 Å². The van der Waals surface area contributed by atoms with Crippen molar-refractivity contribution in [3.8, 4) is 0 Å². The number of aryl methyl sites for hydroxylation is 1. The van der Waals surface area contributed by atoms with E-state index in [1.54, 1.807) is 6.92 Å². The Morgan fingerprint density at radius 1 is 1.38 bits per heavy atom. The highest BCUT2D eigenvalue weighted by molar-refractivity contribution is 9.09. The summed E-state index contributed by atoms with van der Waals surface area (Å²) >= 11 is 2.98. The van der Waals surface area contributed by atoms with Crippen molar-refractivity contribution >= 4 is 21.7 Å². The van der Waals surface area contributed by atoms with Crippen LogP contribution in [0.3, 0.4) is 0 Å². The molecule has 0 saturated carbocycles. The lowest BCUT2D eigenvalue weighted by Crippen LogP contribution is -2.13. The van der Waals surface area contributed by atoms with E-state index in [9.17, 15) is 18.0 Å². The number of carbonyl (C=O) groups is 1.